The van der Waals surface area contributed by atoms with Crippen LogP contribution in [0, 0.1) is 11.6 Å². The van der Waals surface area contributed by atoms with Crippen LogP contribution < -0.4 is 5.73 Å². The highest BCUT2D eigenvalue weighted by atomic mass is 19.1. The fraction of sp³-hybridized carbons (Fsp3) is 0.214. The molecular weight excluding hydrogens is 250 g/mol. The van der Waals surface area contributed by atoms with Gasteiger partial charge in [0.15, 0.2) is 0 Å². The molecule has 1 heterocycles. The smallest absolute Gasteiger partial charge is 0.126 e. The lowest BCUT2D eigenvalue weighted by Gasteiger charge is -2.24. The summed E-state index contributed by atoms with van der Waals surface area (Å²) in [6.07, 6.45) is 3.18. The van der Waals surface area contributed by atoms with Gasteiger partial charge in [0, 0.05) is 30.6 Å². The molecule has 0 saturated heterocycles. The molecule has 1 atom stereocenters. The Balaban J connectivity index is 2.34. The fourth-order valence-electron chi connectivity index (χ4n) is 1.92. The van der Waals surface area contributed by atoms with Crippen LogP contribution in [0.4, 0.5) is 14.5 Å². The van der Waals surface area contributed by atoms with Crippen molar-refractivity contribution in [1.82, 2.24) is 4.98 Å². The molecule has 19 heavy (non-hydrogen) atoms. The van der Waals surface area contributed by atoms with Gasteiger partial charge in [0.2, 0.25) is 0 Å². The van der Waals surface area contributed by atoms with E-state index in [1.807, 2.05) is 0 Å². The number of hydrogen-bond acceptors (Lipinski definition) is 3. The van der Waals surface area contributed by atoms with Crippen LogP contribution in [0.3, 0.4) is 0 Å². The predicted octanol–water partition coefficient (Wildman–Crippen LogP) is 2.39. The number of nitrogens with zero attached hydrogens (tertiary/aromatic N) is 1. The molecule has 0 aliphatic heterocycles. The minimum atomic E-state index is -1.43. The van der Waals surface area contributed by atoms with Gasteiger partial charge in [-0.3, -0.25) is 4.98 Å². The van der Waals surface area contributed by atoms with Crippen LogP contribution in [-0.2, 0) is 12.0 Å². The van der Waals surface area contributed by atoms with Gasteiger partial charge in [-0.15, -0.1) is 0 Å². The normalized spacial score (nSPS) is 14.1. The molecule has 0 bridgehead atoms. The molecule has 0 amide bonds. The Morgan fingerprint density at radius 2 is 1.89 bits per heavy atom. The number of halogens is 2. The molecule has 0 fully saturated rings. The second-order valence-electron chi connectivity index (χ2n) is 4.68. The molecule has 1 aromatic heterocycles. The summed E-state index contributed by atoms with van der Waals surface area (Å²) in [5, 5.41) is 10.4. The summed E-state index contributed by atoms with van der Waals surface area (Å²) in [6, 6.07) is 4.58. The topological polar surface area (TPSA) is 59.1 Å². The van der Waals surface area contributed by atoms with E-state index in [1.165, 1.54) is 19.3 Å². The van der Waals surface area contributed by atoms with E-state index in [9.17, 15) is 13.9 Å². The molecule has 2 aromatic rings. The lowest BCUT2D eigenvalue weighted by Crippen LogP contribution is -2.25. The van der Waals surface area contributed by atoms with E-state index in [2.05, 4.69) is 4.98 Å². The zero-order valence-electron chi connectivity index (χ0n) is 10.4. The van der Waals surface area contributed by atoms with Gasteiger partial charge in [-0.2, -0.15) is 0 Å². The van der Waals surface area contributed by atoms with Crippen molar-refractivity contribution < 1.29 is 13.9 Å². The lowest BCUT2D eigenvalue weighted by molar-refractivity contribution is 0.0570. The summed E-state index contributed by atoms with van der Waals surface area (Å²) in [4.78, 5) is 3.92. The summed E-state index contributed by atoms with van der Waals surface area (Å²) in [6.45, 7) is 1.48. The van der Waals surface area contributed by atoms with Crippen LogP contribution in [0.15, 0.2) is 36.7 Å². The molecule has 0 aliphatic carbocycles. The Morgan fingerprint density at radius 3 is 2.47 bits per heavy atom. The summed E-state index contributed by atoms with van der Waals surface area (Å²) >= 11 is 0. The van der Waals surface area contributed by atoms with Gasteiger partial charge in [-0.1, -0.05) is 0 Å². The third-order valence-corrected chi connectivity index (χ3v) is 2.96. The largest absolute Gasteiger partial charge is 0.398 e. The summed E-state index contributed by atoms with van der Waals surface area (Å²) < 4.78 is 26.4. The van der Waals surface area contributed by atoms with Crippen molar-refractivity contribution in [2.24, 2.45) is 0 Å². The first kappa shape index (κ1) is 13.4. The summed E-state index contributed by atoms with van der Waals surface area (Å²) in [5.74, 6) is -1.45. The van der Waals surface area contributed by atoms with Crippen molar-refractivity contribution in [3.05, 3.63) is 59.4 Å². The first-order chi connectivity index (χ1) is 8.88. The van der Waals surface area contributed by atoms with Gasteiger partial charge in [0.05, 0.1) is 5.60 Å². The molecule has 3 nitrogen and oxygen atoms in total. The predicted molar refractivity (Wildman–Crippen MR) is 68.3 cm³/mol. The van der Waals surface area contributed by atoms with E-state index in [1.54, 1.807) is 6.07 Å². The lowest BCUT2D eigenvalue weighted by atomic mass is 9.89. The summed E-state index contributed by atoms with van der Waals surface area (Å²) in [5.41, 5.74) is 5.60. The van der Waals surface area contributed by atoms with E-state index in [-0.39, 0.29) is 12.0 Å². The van der Waals surface area contributed by atoms with Crippen molar-refractivity contribution >= 4 is 5.69 Å². The minimum absolute atomic E-state index is 0.121. The molecule has 2 rings (SSSR count). The average molecular weight is 264 g/mol. The Hall–Kier alpha value is -2.01. The van der Waals surface area contributed by atoms with Crippen LogP contribution in [-0.4, -0.2) is 10.1 Å². The van der Waals surface area contributed by atoms with E-state index >= 15 is 0 Å². The molecule has 1 aromatic carbocycles. The van der Waals surface area contributed by atoms with Gasteiger partial charge in [0.1, 0.15) is 11.6 Å². The molecule has 100 valence electrons. The number of aromatic nitrogens is 1. The first-order valence-electron chi connectivity index (χ1n) is 5.76. The standard InChI is InChI=1S/C14H14F2N2O/c1-14(19,7-9-8-18-3-2-13(9)17)10-4-11(15)6-12(16)5-10/h2-6,8,19H,7H2,1H3,(H2,17,18). The molecule has 0 radical (unpaired) electrons. The summed E-state index contributed by atoms with van der Waals surface area (Å²) in [7, 11) is 0. The third kappa shape index (κ3) is 3.06. The Morgan fingerprint density at radius 1 is 1.26 bits per heavy atom. The van der Waals surface area contributed by atoms with Crippen LogP contribution >= 0.6 is 0 Å². The van der Waals surface area contributed by atoms with Crippen molar-refractivity contribution in [1.29, 1.82) is 0 Å². The van der Waals surface area contributed by atoms with Crippen LogP contribution in [0.2, 0.25) is 0 Å². The monoisotopic (exact) mass is 264 g/mol. The van der Waals surface area contributed by atoms with E-state index in [0.29, 0.717) is 11.3 Å². The molecular formula is C14H14F2N2O. The van der Waals surface area contributed by atoms with Crippen LogP contribution in [0.1, 0.15) is 18.1 Å². The Labute approximate surface area is 109 Å². The van der Waals surface area contributed by atoms with Crippen molar-refractivity contribution in [3.63, 3.8) is 0 Å². The SMILES string of the molecule is CC(O)(Cc1cnccc1N)c1cc(F)cc(F)c1. The molecule has 0 saturated carbocycles. The van der Waals surface area contributed by atoms with Gasteiger partial charge in [0.25, 0.3) is 0 Å². The molecule has 0 spiro atoms. The zero-order chi connectivity index (χ0) is 14.0. The number of nitrogens with two attached hydrogens (primary N) is 1. The van der Waals surface area contributed by atoms with Crippen molar-refractivity contribution in [2.45, 2.75) is 18.9 Å². The highest BCUT2D eigenvalue weighted by molar-refractivity contribution is 5.45. The number of anilines is 1. The number of benzene rings is 1. The van der Waals surface area contributed by atoms with E-state index in [0.717, 1.165) is 18.2 Å². The maximum absolute atomic E-state index is 13.2. The Kier molecular flexibility index (Phi) is 3.48. The molecule has 0 aliphatic rings. The molecule has 3 N–H and O–H groups in total. The number of pyridine rings is 1. The molecule has 1 unspecified atom stereocenters. The second kappa shape index (κ2) is 4.93. The van der Waals surface area contributed by atoms with Gasteiger partial charge in [-0.05, 0) is 36.2 Å². The van der Waals surface area contributed by atoms with Crippen molar-refractivity contribution in [2.75, 3.05) is 5.73 Å². The van der Waals surface area contributed by atoms with Gasteiger partial charge >= 0.3 is 0 Å². The van der Waals surface area contributed by atoms with Gasteiger partial charge < -0.3 is 10.8 Å². The van der Waals surface area contributed by atoms with Crippen LogP contribution in [0.5, 0.6) is 0 Å². The zero-order valence-corrected chi connectivity index (χ0v) is 10.4. The average Bonchev–Trinajstić information content (AvgIpc) is 2.31. The number of hydrogen-bond donors (Lipinski definition) is 2. The van der Waals surface area contributed by atoms with Gasteiger partial charge in [-0.25, -0.2) is 8.78 Å². The van der Waals surface area contributed by atoms with Crippen molar-refractivity contribution in [3.8, 4) is 0 Å². The highest BCUT2D eigenvalue weighted by Crippen LogP contribution is 2.28. The fourth-order valence-corrected chi connectivity index (χ4v) is 1.92. The first-order valence-corrected chi connectivity index (χ1v) is 5.76. The molecule has 5 heteroatoms. The third-order valence-electron chi connectivity index (χ3n) is 2.96. The maximum Gasteiger partial charge on any atom is 0.126 e. The minimum Gasteiger partial charge on any atom is -0.398 e. The maximum atomic E-state index is 13.2. The van der Waals surface area contributed by atoms with E-state index < -0.39 is 17.2 Å². The number of aliphatic hydroxyl groups is 1. The highest BCUT2D eigenvalue weighted by Gasteiger charge is 2.26. The second-order valence-corrected chi connectivity index (χ2v) is 4.68. The van der Waals surface area contributed by atoms with E-state index in [4.69, 9.17) is 5.73 Å². The van der Waals surface area contributed by atoms with Crippen LogP contribution in [0.25, 0.3) is 0 Å². The Bertz CT molecular complexity index is 579. The number of nitrogen functional groups attached to an aromatic ring is 1. The number of rotatable bonds is 3. The quantitative estimate of drug-likeness (QED) is 0.895.